The molecule has 0 atom stereocenters. The highest BCUT2D eigenvalue weighted by atomic mass is 79.9. The van der Waals surface area contributed by atoms with Gasteiger partial charge in [-0.1, -0.05) is 0 Å². The summed E-state index contributed by atoms with van der Waals surface area (Å²) in [4.78, 5) is 19.4. The fourth-order valence-corrected chi connectivity index (χ4v) is 1.75. The van der Waals surface area contributed by atoms with Crippen LogP contribution in [0.1, 0.15) is 0 Å². The summed E-state index contributed by atoms with van der Waals surface area (Å²) in [6.07, 6.45) is -3.47. The number of carbonyl (C=O) groups is 1. The van der Waals surface area contributed by atoms with Crippen molar-refractivity contribution in [1.82, 2.24) is 15.3 Å². The third-order valence-electron chi connectivity index (χ3n) is 2.41. The summed E-state index contributed by atoms with van der Waals surface area (Å²) < 4.78 is 32.5. The van der Waals surface area contributed by atoms with E-state index in [9.17, 15) is 13.2 Å². The van der Waals surface area contributed by atoms with E-state index in [0.717, 1.165) is 36.6 Å². The van der Waals surface area contributed by atoms with Crippen LogP contribution in [0.25, 0.3) is 0 Å². The second kappa shape index (κ2) is 7.41. The van der Waals surface area contributed by atoms with Gasteiger partial charge in [0.15, 0.2) is 11.6 Å². The summed E-state index contributed by atoms with van der Waals surface area (Å²) >= 11 is 3.29. The summed E-state index contributed by atoms with van der Waals surface area (Å²) in [5, 5.41) is 10.4. The Morgan fingerprint density at radius 1 is 1.43 bits per heavy atom. The molecular formula is C10H13BrF3N5O2. The van der Waals surface area contributed by atoms with Gasteiger partial charge in [-0.05, 0) is 15.9 Å². The van der Waals surface area contributed by atoms with Crippen molar-refractivity contribution in [1.29, 1.82) is 0 Å². The lowest BCUT2D eigenvalue weighted by Gasteiger charge is -2.28. The summed E-state index contributed by atoms with van der Waals surface area (Å²) in [5.74, 6) is -1.48. The minimum Gasteiger partial charge on any atom is -0.475 e. The van der Waals surface area contributed by atoms with E-state index in [1.807, 2.05) is 0 Å². The molecule has 0 bridgehead atoms. The Labute approximate surface area is 126 Å². The maximum absolute atomic E-state index is 10.6. The topological polar surface area (TPSA) is 104 Å². The zero-order valence-corrected chi connectivity index (χ0v) is 12.3. The predicted octanol–water partition coefficient (Wildman–Crippen LogP) is 0.864. The number of halogens is 4. The van der Waals surface area contributed by atoms with E-state index in [1.54, 1.807) is 6.20 Å². The Kier molecular flexibility index (Phi) is 6.15. The number of nitrogens with one attached hydrogen (secondary N) is 1. The highest BCUT2D eigenvalue weighted by Gasteiger charge is 2.38. The van der Waals surface area contributed by atoms with Gasteiger partial charge in [0.25, 0.3) is 0 Å². The van der Waals surface area contributed by atoms with Crippen LogP contribution < -0.4 is 16.0 Å². The van der Waals surface area contributed by atoms with E-state index < -0.39 is 12.1 Å². The highest BCUT2D eigenvalue weighted by molar-refractivity contribution is 9.10. The van der Waals surface area contributed by atoms with Gasteiger partial charge in [0.1, 0.15) is 4.60 Å². The van der Waals surface area contributed by atoms with E-state index in [1.165, 1.54) is 0 Å². The molecule has 11 heteroatoms. The van der Waals surface area contributed by atoms with E-state index in [0.29, 0.717) is 5.82 Å². The zero-order chi connectivity index (χ0) is 16.0. The average Bonchev–Trinajstić information content (AvgIpc) is 2.42. The van der Waals surface area contributed by atoms with Crippen molar-refractivity contribution in [2.45, 2.75) is 6.18 Å². The largest absolute Gasteiger partial charge is 0.490 e. The number of hydrogen-bond acceptors (Lipinski definition) is 6. The number of alkyl halides is 3. The maximum Gasteiger partial charge on any atom is 0.490 e. The van der Waals surface area contributed by atoms with Crippen molar-refractivity contribution < 1.29 is 23.1 Å². The molecule has 1 aromatic heterocycles. The van der Waals surface area contributed by atoms with Crippen LogP contribution in [0.15, 0.2) is 10.8 Å². The number of aliphatic carboxylic acids is 1. The second-order valence-electron chi connectivity index (χ2n) is 3.94. The number of nitrogens with zero attached hydrogens (tertiary/aromatic N) is 3. The molecule has 0 unspecified atom stereocenters. The van der Waals surface area contributed by atoms with Crippen LogP contribution >= 0.6 is 15.9 Å². The lowest BCUT2D eigenvalue weighted by Crippen LogP contribution is -2.44. The van der Waals surface area contributed by atoms with Crippen LogP contribution in [0, 0.1) is 0 Å². The van der Waals surface area contributed by atoms with Crippen LogP contribution in [0.2, 0.25) is 0 Å². The number of aromatic nitrogens is 2. The van der Waals surface area contributed by atoms with Gasteiger partial charge in [0.05, 0.1) is 6.20 Å². The lowest BCUT2D eigenvalue weighted by atomic mass is 10.3. The zero-order valence-electron chi connectivity index (χ0n) is 10.7. The first-order valence-electron chi connectivity index (χ1n) is 5.75. The Bertz CT molecular complexity index is 494. The van der Waals surface area contributed by atoms with Crippen LogP contribution in [0.5, 0.6) is 0 Å². The number of carboxylic acids is 1. The fraction of sp³-hybridized carbons (Fsp3) is 0.500. The second-order valence-corrected chi connectivity index (χ2v) is 4.75. The third kappa shape index (κ3) is 5.71. The molecule has 0 aromatic carbocycles. The minimum absolute atomic E-state index is 0.495. The average molecular weight is 372 g/mol. The van der Waals surface area contributed by atoms with Crippen molar-refractivity contribution in [2.75, 3.05) is 36.8 Å². The van der Waals surface area contributed by atoms with E-state index in [2.05, 4.69) is 36.1 Å². The molecule has 1 saturated heterocycles. The first kappa shape index (κ1) is 17.4. The first-order valence-corrected chi connectivity index (χ1v) is 6.55. The number of nitrogen functional groups attached to an aromatic ring is 1. The Balaban J connectivity index is 0.000000270. The number of nitrogens with two attached hydrogens (primary N) is 1. The van der Waals surface area contributed by atoms with Crippen LogP contribution in [-0.4, -0.2) is 53.4 Å². The molecule has 2 heterocycles. The minimum atomic E-state index is -5.08. The van der Waals surface area contributed by atoms with Crippen molar-refractivity contribution in [2.24, 2.45) is 0 Å². The molecule has 0 spiro atoms. The maximum atomic E-state index is 10.6. The summed E-state index contributed by atoms with van der Waals surface area (Å²) in [6.45, 7) is 3.78. The molecular weight excluding hydrogens is 359 g/mol. The molecule has 2 rings (SSSR count). The van der Waals surface area contributed by atoms with E-state index in [-0.39, 0.29) is 0 Å². The van der Waals surface area contributed by atoms with Gasteiger partial charge in [-0.2, -0.15) is 13.2 Å². The third-order valence-corrected chi connectivity index (χ3v) is 2.79. The van der Waals surface area contributed by atoms with Crippen LogP contribution in [0.4, 0.5) is 24.8 Å². The number of piperazine rings is 1. The summed E-state index contributed by atoms with van der Waals surface area (Å²) in [6, 6.07) is 0. The van der Waals surface area contributed by atoms with Gasteiger partial charge in [0.2, 0.25) is 0 Å². The Morgan fingerprint density at radius 3 is 2.43 bits per heavy atom. The molecule has 1 fully saturated rings. The predicted molar refractivity (Wildman–Crippen MR) is 72.9 cm³/mol. The van der Waals surface area contributed by atoms with Gasteiger partial charge in [-0.25, -0.2) is 14.8 Å². The smallest absolute Gasteiger partial charge is 0.475 e. The molecule has 0 radical (unpaired) electrons. The fourth-order valence-electron chi connectivity index (χ4n) is 1.48. The molecule has 0 amide bonds. The summed E-state index contributed by atoms with van der Waals surface area (Å²) in [7, 11) is 0. The van der Waals surface area contributed by atoms with Crippen molar-refractivity contribution in [3.63, 3.8) is 0 Å². The highest BCUT2D eigenvalue weighted by Crippen LogP contribution is 2.20. The number of anilines is 2. The molecule has 0 saturated carbocycles. The molecule has 118 valence electrons. The molecule has 1 aliphatic heterocycles. The van der Waals surface area contributed by atoms with Gasteiger partial charge in [-0.3, -0.25) is 0 Å². The van der Waals surface area contributed by atoms with Gasteiger partial charge in [-0.15, -0.1) is 0 Å². The van der Waals surface area contributed by atoms with E-state index >= 15 is 0 Å². The molecule has 4 N–H and O–H groups in total. The van der Waals surface area contributed by atoms with Gasteiger partial charge in [0, 0.05) is 26.2 Å². The van der Waals surface area contributed by atoms with Crippen molar-refractivity contribution in [3.05, 3.63) is 10.8 Å². The number of rotatable bonds is 1. The van der Waals surface area contributed by atoms with Crippen molar-refractivity contribution >= 4 is 33.5 Å². The molecule has 21 heavy (non-hydrogen) atoms. The van der Waals surface area contributed by atoms with Crippen molar-refractivity contribution in [3.8, 4) is 0 Å². The standard InChI is InChI=1S/C8H12BrN5.C2HF3O2/c9-6-5-12-7(10)8(13-6)14-3-1-11-2-4-14;3-2(4,5)1(6)7/h5,11H,1-4H2,(H2,10,12);(H,6,7). The summed E-state index contributed by atoms with van der Waals surface area (Å²) in [5.41, 5.74) is 5.76. The quantitative estimate of drug-likeness (QED) is 0.672. The molecule has 7 nitrogen and oxygen atoms in total. The Morgan fingerprint density at radius 2 is 1.95 bits per heavy atom. The first-order chi connectivity index (χ1) is 9.71. The molecule has 1 aliphatic rings. The van der Waals surface area contributed by atoms with Gasteiger partial charge < -0.3 is 21.1 Å². The van der Waals surface area contributed by atoms with Crippen LogP contribution in [-0.2, 0) is 4.79 Å². The van der Waals surface area contributed by atoms with E-state index in [4.69, 9.17) is 15.6 Å². The molecule has 1 aromatic rings. The van der Waals surface area contributed by atoms with Gasteiger partial charge >= 0.3 is 12.1 Å². The number of hydrogen-bond donors (Lipinski definition) is 3. The Hall–Kier alpha value is -1.62. The normalized spacial score (nSPS) is 15.1. The van der Waals surface area contributed by atoms with Crippen LogP contribution in [0.3, 0.4) is 0 Å². The monoisotopic (exact) mass is 371 g/mol. The SMILES string of the molecule is Nc1ncc(Br)nc1N1CCNCC1.O=C(O)C(F)(F)F. The molecule has 0 aliphatic carbocycles. The number of carboxylic acid groups (broad SMARTS) is 1. The lowest BCUT2D eigenvalue weighted by molar-refractivity contribution is -0.192.